The van der Waals surface area contributed by atoms with Crippen molar-refractivity contribution in [3.05, 3.63) is 30.3 Å². The van der Waals surface area contributed by atoms with Crippen molar-refractivity contribution in [2.24, 2.45) is 0 Å². The maximum absolute atomic E-state index is 12.2. The van der Waals surface area contributed by atoms with Gasteiger partial charge in [-0.2, -0.15) is 0 Å². The van der Waals surface area contributed by atoms with Gasteiger partial charge in [0.2, 0.25) is 16.9 Å². The van der Waals surface area contributed by atoms with E-state index in [-0.39, 0.29) is 11.8 Å². The van der Waals surface area contributed by atoms with Crippen LogP contribution in [0.15, 0.2) is 30.3 Å². The summed E-state index contributed by atoms with van der Waals surface area (Å²) in [5.74, 6) is -0.390. The van der Waals surface area contributed by atoms with E-state index in [0.29, 0.717) is 11.6 Å². The molecule has 1 atom stereocenters. The van der Waals surface area contributed by atoms with E-state index < -0.39 is 6.04 Å². The first-order valence-corrected chi connectivity index (χ1v) is 9.41. The maximum atomic E-state index is 12.2. The number of benzene rings is 1. The lowest BCUT2D eigenvalue weighted by atomic mass is 10.1. The number of anilines is 1. The highest BCUT2D eigenvalue weighted by atomic mass is 32.1. The number of hydrogen-bond donors (Lipinski definition) is 2. The Kier molecular flexibility index (Phi) is 7.53. The Morgan fingerprint density at radius 3 is 2.60 bits per heavy atom. The van der Waals surface area contributed by atoms with Gasteiger partial charge in [0.25, 0.3) is 0 Å². The predicted octanol–water partition coefficient (Wildman–Crippen LogP) is 3.62. The topological polar surface area (TPSA) is 84.0 Å². The molecule has 0 saturated carbocycles. The molecule has 1 aromatic carbocycles. The zero-order valence-electron chi connectivity index (χ0n) is 14.6. The molecular weight excluding hydrogens is 336 g/mol. The summed E-state index contributed by atoms with van der Waals surface area (Å²) in [7, 11) is 0. The Balaban J connectivity index is 1.81. The number of rotatable bonds is 9. The minimum Gasteiger partial charge on any atom is -0.345 e. The summed E-state index contributed by atoms with van der Waals surface area (Å²) in [4.78, 5) is 24.0. The molecule has 2 rings (SSSR count). The Labute approximate surface area is 152 Å². The van der Waals surface area contributed by atoms with Crippen LogP contribution in [0, 0.1) is 0 Å². The molecule has 2 aromatic rings. The summed E-state index contributed by atoms with van der Waals surface area (Å²) in [6, 6.07) is 9.05. The molecule has 25 heavy (non-hydrogen) atoms. The van der Waals surface area contributed by atoms with Crippen LogP contribution in [-0.4, -0.2) is 28.1 Å². The Hall–Kier alpha value is -2.28. The third-order valence-electron chi connectivity index (χ3n) is 3.70. The van der Waals surface area contributed by atoms with E-state index in [0.717, 1.165) is 36.3 Å². The molecule has 1 heterocycles. The predicted molar refractivity (Wildman–Crippen MR) is 100 cm³/mol. The zero-order valence-corrected chi connectivity index (χ0v) is 15.4. The molecule has 0 bridgehead atoms. The average molecular weight is 360 g/mol. The van der Waals surface area contributed by atoms with Crippen LogP contribution in [0.25, 0.3) is 10.6 Å². The molecule has 0 radical (unpaired) electrons. The van der Waals surface area contributed by atoms with Crippen molar-refractivity contribution in [3.63, 3.8) is 0 Å². The lowest BCUT2D eigenvalue weighted by molar-refractivity contribution is -0.126. The summed E-state index contributed by atoms with van der Waals surface area (Å²) in [5, 5.41) is 14.7. The molecule has 0 aliphatic rings. The smallest absolute Gasteiger partial charge is 0.248 e. The molecule has 0 spiro atoms. The first-order valence-electron chi connectivity index (χ1n) is 8.59. The van der Waals surface area contributed by atoms with Crippen molar-refractivity contribution in [2.75, 3.05) is 5.32 Å². The molecule has 7 heteroatoms. The second-order valence-electron chi connectivity index (χ2n) is 5.87. The number of carbonyl (C=O) groups excluding carboxylic acids is 2. The van der Waals surface area contributed by atoms with Crippen molar-refractivity contribution < 1.29 is 9.59 Å². The SMILES string of the molecule is CCCCCCC(=O)NC(C)C(=O)Nc1nnc(-c2ccccc2)s1. The molecule has 0 saturated heterocycles. The Morgan fingerprint density at radius 1 is 1.12 bits per heavy atom. The summed E-state index contributed by atoms with van der Waals surface area (Å²) < 4.78 is 0. The summed E-state index contributed by atoms with van der Waals surface area (Å²) >= 11 is 1.30. The number of nitrogens with one attached hydrogen (secondary N) is 2. The first-order chi connectivity index (χ1) is 12.1. The van der Waals surface area contributed by atoms with Crippen molar-refractivity contribution in [1.29, 1.82) is 0 Å². The number of nitrogens with zero attached hydrogens (tertiary/aromatic N) is 2. The van der Waals surface area contributed by atoms with Gasteiger partial charge in [0.15, 0.2) is 0 Å². The van der Waals surface area contributed by atoms with Gasteiger partial charge < -0.3 is 5.32 Å². The van der Waals surface area contributed by atoms with Crippen molar-refractivity contribution in [3.8, 4) is 10.6 Å². The Bertz CT molecular complexity index is 687. The molecule has 2 N–H and O–H groups in total. The van der Waals surface area contributed by atoms with Crippen LogP contribution in [0.3, 0.4) is 0 Å². The number of hydrogen-bond acceptors (Lipinski definition) is 5. The number of carbonyl (C=O) groups is 2. The standard InChI is InChI=1S/C18H24N4O2S/c1-3-4-5-9-12-15(23)19-13(2)16(24)20-18-22-21-17(25-18)14-10-7-6-8-11-14/h6-8,10-11,13H,3-5,9,12H2,1-2H3,(H,19,23)(H,20,22,24). The first kappa shape index (κ1) is 19.1. The van der Waals surface area contributed by atoms with E-state index in [9.17, 15) is 9.59 Å². The number of unbranched alkanes of at least 4 members (excludes halogenated alkanes) is 3. The number of aromatic nitrogens is 2. The zero-order chi connectivity index (χ0) is 18.1. The Morgan fingerprint density at radius 2 is 1.88 bits per heavy atom. The lowest BCUT2D eigenvalue weighted by Crippen LogP contribution is -2.41. The summed E-state index contributed by atoms with van der Waals surface area (Å²) in [6.07, 6.45) is 4.61. The minimum atomic E-state index is -0.609. The molecule has 2 amide bonds. The van der Waals surface area contributed by atoms with Gasteiger partial charge in [0.1, 0.15) is 11.0 Å². The third kappa shape index (κ3) is 6.26. The summed E-state index contributed by atoms with van der Waals surface area (Å²) in [6.45, 7) is 3.79. The van der Waals surface area contributed by atoms with E-state index in [2.05, 4.69) is 27.8 Å². The molecule has 6 nitrogen and oxygen atoms in total. The fourth-order valence-corrected chi connectivity index (χ4v) is 3.03. The van der Waals surface area contributed by atoms with Crippen molar-refractivity contribution >= 4 is 28.3 Å². The van der Waals surface area contributed by atoms with E-state index in [1.54, 1.807) is 6.92 Å². The van der Waals surface area contributed by atoms with Gasteiger partial charge in [-0.25, -0.2) is 0 Å². The molecule has 0 aliphatic carbocycles. The monoisotopic (exact) mass is 360 g/mol. The molecule has 1 aromatic heterocycles. The van der Waals surface area contributed by atoms with Gasteiger partial charge in [0.05, 0.1) is 0 Å². The highest BCUT2D eigenvalue weighted by Gasteiger charge is 2.17. The van der Waals surface area contributed by atoms with E-state index in [1.807, 2.05) is 30.3 Å². The quantitative estimate of drug-likeness (QED) is 0.669. The average Bonchev–Trinajstić information content (AvgIpc) is 3.08. The molecular formula is C18H24N4O2S. The number of amides is 2. The largest absolute Gasteiger partial charge is 0.345 e. The van der Waals surface area contributed by atoms with Gasteiger partial charge in [-0.15, -0.1) is 10.2 Å². The van der Waals surface area contributed by atoms with Crippen LogP contribution in [0.1, 0.15) is 46.0 Å². The second-order valence-corrected chi connectivity index (χ2v) is 6.85. The highest BCUT2D eigenvalue weighted by molar-refractivity contribution is 7.18. The fourth-order valence-electron chi connectivity index (χ4n) is 2.28. The molecule has 0 fully saturated rings. The van der Waals surface area contributed by atoms with Crippen LogP contribution < -0.4 is 10.6 Å². The van der Waals surface area contributed by atoms with Gasteiger partial charge >= 0.3 is 0 Å². The normalized spacial score (nSPS) is 11.8. The molecule has 134 valence electrons. The van der Waals surface area contributed by atoms with Crippen LogP contribution in [-0.2, 0) is 9.59 Å². The van der Waals surface area contributed by atoms with E-state index >= 15 is 0 Å². The fraction of sp³-hybridized carbons (Fsp3) is 0.444. The van der Waals surface area contributed by atoms with Gasteiger partial charge in [-0.1, -0.05) is 67.9 Å². The maximum Gasteiger partial charge on any atom is 0.248 e. The lowest BCUT2D eigenvalue weighted by Gasteiger charge is -2.12. The van der Waals surface area contributed by atoms with E-state index in [4.69, 9.17) is 0 Å². The second kappa shape index (κ2) is 9.88. The molecule has 1 unspecified atom stereocenters. The van der Waals surface area contributed by atoms with Gasteiger partial charge in [-0.3, -0.25) is 14.9 Å². The third-order valence-corrected chi connectivity index (χ3v) is 4.59. The van der Waals surface area contributed by atoms with Gasteiger partial charge in [-0.05, 0) is 13.3 Å². The van der Waals surface area contributed by atoms with E-state index in [1.165, 1.54) is 11.3 Å². The molecule has 0 aliphatic heterocycles. The van der Waals surface area contributed by atoms with Crippen LogP contribution in [0.4, 0.5) is 5.13 Å². The minimum absolute atomic E-state index is 0.0963. The van der Waals surface area contributed by atoms with Crippen LogP contribution >= 0.6 is 11.3 Å². The highest BCUT2D eigenvalue weighted by Crippen LogP contribution is 2.25. The van der Waals surface area contributed by atoms with Crippen molar-refractivity contribution in [2.45, 2.75) is 52.0 Å². The summed E-state index contributed by atoms with van der Waals surface area (Å²) in [5.41, 5.74) is 0.953. The van der Waals surface area contributed by atoms with Crippen molar-refractivity contribution in [1.82, 2.24) is 15.5 Å². The van der Waals surface area contributed by atoms with Crippen LogP contribution in [0.5, 0.6) is 0 Å². The van der Waals surface area contributed by atoms with Gasteiger partial charge in [0, 0.05) is 12.0 Å². The van der Waals surface area contributed by atoms with Crippen LogP contribution in [0.2, 0.25) is 0 Å².